The Morgan fingerprint density at radius 3 is 1.38 bits per heavy atom. The fourth-order valence-electron chi connectivity index (χ4n) is 7.66. The molecule has 5 aromatic carbocycles. The predicted octanol–water partition coefficient (Wildman–Crippen LogP) is 12.6. The van der Waals surface area contributed by atoms with E-state index in [1.807, 2.05) is 127 Å². The van der Waals surface area contributed by atoms with Gasteiger partial charge in [0.25, 0.3) is 0 Å². The molecular formula is C62H85N3O12Si2. The van der Waals surface area contributed by atoms with E-state index in [4.69, 9.17) is 27.8 Å². The van der Waals surface area contributed by atoms with Crippen molar-refractivity contribution in [2.75, 3.05) is 13.2 Å². The molecule has 3 unspecified atom stereocenters. The third-order valence-corrected chi connectivity index (χ3v) is 23.1. The minimum atomic E-state index is -2.27. The molecule has 0 spiro atoms. The minimum Gasteiger partial charge on any atom is -0.464 e. The molecule has 79 heavy (non-hydrogen) atoms. The molecule has 1 aliphatic rings. The van der Waals surface area contributed by atoms with Gasteiger partial charge in [-0.05, 0) is 77.9 Å². The SMILES string of the molecule is CC(C)(C)[Si](C)(C)O[C@H]1CC(c2ccccc2)NC1=O.CCOC(=O)[C@@H](O)CC(NC(=O)OCc1ccccc1)c1ccccc1.CCOC(=O)[C@H](CC(NC(=O)OCc1ccccc1)c1ccccc1)O[Si](C)(C)C(C)(C)C. The maximum atomic E-state index is 12.8. The second-order valence-corrected chi connectivity index (χ2v) is 31.8. The Hall–Kier alpha value is -6.64. The van der Waals surface area contributed by atoms with E-state index in [0.29, 0.717) is 0 Å². The van der Waals surface area contributed by atoms with E-state index >= 15 is 0 Å². The van der Waals surface area contributed by atoms with E-state index in [0.717, 1.165) is 34.2 Å². The average molecular weight is 1120 g/mol. The van der Waals surface area contributed by atoms with Crippen molar-refractivity contribution in [1.82, 2.24) is 16.0 Å². The van der Waals surface area contributed by atoms with Crippen LogP contribution in [-0.4, -0.2) is 83.3 Å². The van der Waals surface area contributed by atoms with E-state index in [1.165, 1.54) is 0 Å². The molecule has 3 amide bonds. The Kier molecular flexibility index (Phi) is 25.7. The number of ether oxygens (including phenoxy) is 4. The number of aliphatic hydroxyl groups is 1. The highest BCUT2D eigenvalue weighted by Crippen LogP contribution is 2.40. The smallest absolute Gasteiger partial charge is 0.407 e. The molecule has 0 aliphatic carbocycles. The first-order valence-corrected chi connectivity index (χ1v) is 32.9. The first-order valence-electron chi connectivity index (χ1n) is 27.1. The van der Waals surface area contributed by atoms with E-state index in [1.54, 1.807) is 26.0 Å². The molecule has 1 fully saturated rings. The van der Waals surface area contributed by atoms with Crippen molar-refractivity contribution in [3.05, 3.63) is 179 Å². The van der Waals surface area contributed by atoms with Gasteiger partial charge in [0.2, 0.25) is 5.91 Å². The van der Waals surface area contributed by atoms with Crippen molar-refractivity contribution in [2.24, 2.45) is 0 Å². The molecule has 428 valence electrons. The van der Waals surface area contributed by atoms with Crippen LogP contribution in [0.3, 0.4) is 0 Å². The van der Waals surface area contributed by atoms with Gasteiger partial charge >= 0.3 is 24.1 Å². The molecule has 1 saturated heterocycles. The second kappa shape index (κ2) is 31.2. The van der Waals surface area contributed by atoms with Gasteiger partial charge in [0.15, 0.2) is 22.7 Å². The highest BCUT2D eigenvalue weighted by atomic mass is 28.4. The molecule has 0 saturated carbocycles. The third-order valence-electron chi connectivity index (χ3n) is 14.2. The van der Waals surface area contributed by atoms with Crippen molar-refractivity contribution >= 4 is 46.7 Å². The van der Waals surface area contributed by atoms with E-state index in [2.05, 4.69) is 95.8 Å². The molecule has 17 heteroatoms. The Morgan fingerprint density at radius 2 is 0.962 bits per heavy atom. The zero-order valence-electron chi connectivity index (χ0n) is 48.3. The van der Waals surface area contributed by atoms with Crippen LogP contribution >= 0.6 is 0 Å². The summed E-state index contributed by atoms with van der Waals surface area (Å²) in [7, 11) is -4.17. The number of esters is 2. The number of carbonyl (C=O) groups is 5. The summed E-state index contributed by atoms with van der Waals surface area (Å²) in [6.07, 6.45) is -2.66. The van der Waals surface area contributed by atoms with Crippen LogP contribution in [0.2, 0.25) is 36.3 Å². The Morgan fingerprint density at radius 1 is 0.570 bits per heavy atom. The third kappa shape index (κ3) is 21.8. The van der Waals surface area contributed by atoms with Gasteiger partial charge in [0.05, 0.1) is 31.3 Å². The number of benzene rings is 5. The van der Waals surface area contributed by atoms with Gasteiger partial charge in [-0.3, -0.25) is 4.79 Å². The molecule has 1 heterocycles. The summed E-state index contributed by atoms with van der Waals surface area (Å²) in [5, 5.41) is 18.8. The summed E-state index contributed by atoms with van der Waals surface area (Å²) in [4.78, 5) is 61.5. The lowest BCUT2D eigenvalue weighted by molar-refractivity contribution is -0.154. The van der Waals surface area contributed by atoms with Gasteiger partial charge in [-0.25, -0.2) is 19.2 Å². The van der Waals surface area contributed by atoms with Gasteiger partial charge in [0, 0.05) is 19.3 Å². The van der Waals surface area contributed by atoms with Crippen molar-refractivity contribution in [3.8, 4) is 0 Å². The Bertz CT molecular complexity index is 2620. The summed E-state index contributed by atoms with van der Waals surface area (Å²) in [6, 6.07) is 46.5. The monoisotopic (exact) mass is 1120 g/mol. The van der Waals surface area contributed by atoms with Crippen LogP contribution in [0.25, 0.3) is 0 Å². The summed E-state index contributed by atoms with van der Waals surface area (Å²) in [5.74, 6) is -1.10. The summed E-state index contributed by atoms with van der Waals surface area (Å²) >= 11 is 0. The van der Waals surface area contributed by atoms with Crippen LogP contribution in [0.1, 0.15) is 121 Å². The van der Waals surface area contributed by atoms with Gasteiger partial charge in [0.1, 0.15) is 25.4 Å². The number of aliphatic hydroxyl groups excluding tert-OH is 1. The lowest BCUT2D eigenvalue weighted by Crippen LogP contribution is -2.47. The summed E-state index contributed by atoms with van der Waals surface area (Å²) in [5.41, 5.74) is 4.54. The second-order valence-electron chi connectivity index (χ2n) is 22.3. The number of rotatable bonds is 21. The lowest BCUT2D eigenvalue weighted by atomic mass is 10.0. The molecule has 5 aromatic rings. The first-order chi connectivity index (χ1) is 37.3. The number of alkyl carbamates (subject to hydrolysis) is 2. The van der Waals surface area contributed by atoms with Gasteiger partial charge in [-0.1, -0.05) is 193 Å². The zero-order chi connectivity index (χ0) is 58.2. The predicted molar refractivity (Wildman–Crippen MR) is 312 cm³/mol. The molecule has 4 N–H and O–H groups in total. The molecule has 6 rings (SSSR count). The van der Waals surface area contributed by atoms with Crippen molar-refractivity contribution < 1.29 is 56.9 Å². The number of hydrogen-bond acceptors (Lipinski definition) is 12. The standard InChI is InChI=1S/C26H37NO5Si.C20H23NO5.C16H25NO2Si/c1-7-30-24(28)23(32-33(5,6)26(2,3)4)18-22(21-16-12-9-13-17-21)27-25(29)31-19-20-14-10-8-11-15-20;1-2-25-19(23)18(22)13-17(16-11-7-4-8-12-16)21-20(24)26-14-15-9-5-3-6-10-15;1-16(2,3)20(4,5)19-14-11-13(17-15(14)18)12-9-7-6-8-10-12/h8-17,22-23H,7,18-19H2,1-6H3,(H,27,29);3-12,17-18,22H,2,13-14H2,1H3,(H,21,24);6-10,13-14H,11H2,1-5H3,(H,17,18)/t22?,23-;17?,18-;13?,14-/m000/s1. The molecule has 15 nitrogen and oxygen atoms in total. The molecule has 0 aromatic heterocycles. The first kappa shape index (κ1) is 64.9. The van der Waals surface area contributed by atoms with Crippen LogP contribution in [0.15, 0.2) is 152 Å². The normalized spacial score (nSPS) is 15.9. The molecule has 0 radical (unpaired) electrons. The van der Waals surface area contributed by atoms with Gasteiger partial charge < -0.3 is 48.9 Å². The van der Waals surface area contributed by atoms with Crippen LogP contribution in [-0.2, 0) is 55.4 Å². The summed E-state index contributed by atoms with van der Waals surface area (Å²) in [6.45, 7) is 25.7. The van der Waals surface area contributed by atoms with Crippen LogP contribution in [0.5, 0.6) is 0 Å². The Balaban J connectivity index is 0.000000263. The van der Waals surface area contributed by atoms with Gasteiger partial charge in [-0.2, -0.15) is 0 Å². The average Bonchev–Trinajstić information content (AvgIpc) is 3.80. The molecule has 0 bridgehead atoms. The number of amides is 3. The van der Waals surface area contributed by atoms with Crippen LogP contribution in [0.4, 0.5) is 9.59 Å². The highest BCUT2D eigenvalue weighted by Gasteiger charge is 2.44. The molecule has 6 atom stereocenters. The van der Waals surface area contributed by atoms with E-state index < -0.39 is 65.1 Å². The fourth-order valence-corrected chi connectivity index (χ4v) is 10.2. The fraction of sp³-hybridized carbons (Fsp3) is 0.435. The molecular weight excluding hydrogens is 1030 g/mol. The van der Waals surface area contributed by atoms with Gasteiger partial charge in [-0.15, -0.1) is 0 Å². The number of hydrogen-bond donors (Lipinski definition) is 4. The minimum absolute atomic E-state index is 0.0106. The van der Waals surface area contributed by atoms with Crippen LogP contribution in [0, 0.1) is 0 Å². The summed E-state index contributed by atoms with van der Waals surface area (Å²) < 4.78 is 33.5. The van der Waals surface area contributed by atoms with E-state index in [9.17, 15) is 29.1 Å². The number of carbonyl (C=O) groups excluding carboxylic acids is 5. The van der Waals surface area contributed by atoms with E-state index in [-0.39, 0.29) is 67.4 Å². The zero-order valence-corrected chi connectivity index (χ0v) is 50.3. The lowest BCUT2D eigenvalue weighted by Gasteiger charge is -2.39. The maximum Gasteiger partial charge on any atom is 0.407 e. The van der Waals surface area contributed by atoms with Crippen molar-refractivity contribution in [2.45, 2.75) is 161 Å². The van der Waals surface area contributed by atoms with Crippen molar-refractivity contribution in [1.29, 1.82) is 0 Å². The number of nitrogens with one attached hydrogen (secondary N) is 3. The maximum absolute atomic E-state index is 12.8. The quantitative estimate of drug-likeness (QED) is 0.0309. The topological polar surface area (TPSA) is 197 Å². The molecule has 1 aliphatic heterocycles. The highest BCUT2D eigenvalue weighted by molar-refractivity contribution is 6.74. The largest absolute Gasteiger partial charge is 0.464 e. The Labute approximate surface area is 470 Å². The van der Waals surface area contributed by atoms with Crippen LogP contribution < -0.4 is 16.0 Å². The van der Waals surface area contributed by atoms with Crippen molar-refractivity contribution in [3.63, 3.8) is 0 Å².